The average Bonchev–Trinajstić information content (AvgIpc) is 3.08. The molecule has 3 rings (SSSR count). The number of nitrogens with one attached hydrogen (secondary N) is 1. The smallest absolute Gasteiger partial charge is 0.289 e. The standard InChI is InChI=1S/C20H27F3N6O2/c1-20(2,3)25-19(31)18-27-26-16-10-28(4-5-29(16)18)17(30)8-12(24)6-11-7-14(22)15(23)9-13(11)21/h7,9,12,17,30H,4-6,8,10,24H2,1-3H3,(H,25,31)/t12-,17?/m1/s1. The molecule has 0 aliphatic carbocycles. The van der Waals surface area contributed by atoms with Crippen LogP contribution in [0.2, 0.25) is 0 Å². The van der Waals surface area contributed by atoms with Gasteiger partial charge >= 0.3 is 0 Å². The van der Waals surface area contributed by atoms with E-state index in [0.717, 1.165) is 6.07 Å². The molecule has 170 valence electrons. The summed E-state index contributed by atoms with van der Waals surface area (Å²) in [5.41, 5.74) is 5.55. The van der Waals surface area contributed by atoms with Gasteiger partial charge in [-0.2, -0.15) is 0 Å². The van der Waals surface area contributed by atoms with Gasteiger partial charge in [0.1, 0.15) is 17.9 Å². The van der Waals surface area contributed by atoms with E-state index in [1.165, 1.54) is 0 Å². The minimum atomic E-state index is -1.26. The second kappa shape index (κ2) is 8.93. The third-order valence-electron chi connectivity index (χ3n) is 4.98. The van der Waals surface area contributed by atoms with Gasteiger partial charge in [0.15, 0.2) is 11.6 Å². The lowest BCUT2D eigenvalue weighted by Gasteiger charge is -2.33. The zero-order valence-corrected chi connectivity index (χ0v) is 17.7. The number of amides is 1. The fourth-order valence-corrected chi connectivity index (χ4v) is 3.50. The Balaban J connectivity index is 1.60. The van der Waals surface area contributed by atoms with Crippen molar-refractivity contribution in [2.24, 2.45) is 5.73 Å². The summed E-state index contributed by atoms with van der Waals surface area (Å²) in [5.74, 6) is -2.87. The fraction of sp³-hybridized carbons (Fsp3) is 0.550. The first-order valence-corrected chi connectivity index (χ1v) is 10.0. The third-order valence-corrected chi connectivity index (χ3v) is 4.98. The molecule has 1 aliphatic rings. The molecule has 0 saturated heterocycles. The number of nitrogens with two attached hydrogens (primary N) is 1. The van der Waals surface area contributed by atoms with E-state index in [-0.39, 0.29) is 36.7 Å². The topological polar surface area (TPSA) is 109 Å². The zero-order valence-electron chi connectivity index (χ0n) is 17.7. The molecular weight excluding hydrogens is 413 g/mol. The molecular formula is C20H27F3N6O2. The van der Waals surface area contributed by atoms with Crippen molar-refractivity contribution in [3.63, 3.8) is 0 Å². The Morgan fingerprint density at radius 2 is 1.87 bits per heavy atom. The minimum absolute atomic E-state index is 0.0495. The summed E-state index contributed by atoms with van der Waals surface area (Å²) in [6, 6.07) is 0.589. The number of carbonyl (C=O) groups is 1. The summed E-state index contributed by atoms with van der Waals surface area (Å²) < 4.78 is 42.0. The van der Waals surface area contributed by atoms with E-state index >= 15 is 0 Å². The van der Waals surface area contributed by atoms with E-state index in [1.807, 2.05) is 20.8 Å². The van der Waals surface area contributed by atoms with Crippen molar-refractivity contribution in [2.45, 2.75) is 64.5 Å². The number of hydrogen-bond acceptors (Lipinski definition) is 6. The number of rotatable bonds is 6. The SMILES string of the molecule is CC(C)(C)NC(=O)c1nnc2n1CCN(C(O)C[C@H](N)Cc1cc(F)c(F)cc1F)C2. The van der Waals surface area contributed by atoms with Gasteiger partial charge in [-0.05, 0) is 38.8 Å². The summed E-state index contributed by atoms with van der Waals surface area (Å²) in [5, 5.41) is 21.4. The molecule has 1 aromatic carbocycles. The monoisotopic (exact) mass is 440 g/mol. The largest absolute Gasteiger partial charge is 0.378 e. The van der Waals surface area contributed by atoms with Crippen LogP contribution in [0.25, 0.3) is 0 Å². The second-order valence-corrected chi connectivity index (χ2v) is 8.80. The summed E-state index contributed by atoms with van der Waals surface area (Å²) in [6.45, 7) is 6.68. The van der Waals surface area contributed by atoms with Crippen LogP contribution in [0, 0.1) is 17.5 Å². The van der Waals surface area contributed by atoms with Crippen LogP contribution >= 0.6 is 0 Å². The van der Waals surface area contributed by atoms with Crippen LogP contribution in [0.5, 0.6) is 0 Å². The van der Waals surface area contributed by atoms with Crippen molar-refractivity contribution in [3.05, 3.63) is 46.8 Å². The fourth-order valence-electron chi connectivity index (χ4n) is 3.50. The van der Waals surface area contributed by atoms with Gasteiger partial charge in [-0.25, -0.2) is 13.2 Å². The van der Waals surface area contributed by atoms with Crippen LogP contribution in [0.1, 0.15) is 49.2 Å². The highest BCUT2D eigenvalue weighted by Crippen LogP contribution is 2.19. The Hall–Kier alpha value is -2.50. The minimum Gasteiger partial charge on any atom is -0.378 e. The van der Waals surface area contributed by atoms with Crippen molar-refractivity contribution >= 4 is 5.91 Å². The maximum atomic E-state index is 13.8. The van der Waals surface area contributed by atoms with Crippen LogP contribution in [-0.4, -0.2) is 55.0 Å². The molecule has 0 radical (unpaired) electrons. The first-order chi connectivity index (χ1) is 14.4. The molecule has 31 heavy (non-hydrogen) atoms. The number of nitrogens with zero attached hydrogens (tertiary/aromatic N) is 4. The average molecular weight is 440 g/mol. The highest BCUT2D eigenvalue weighted by Gasteiger charge is 2.29. The highest BCUT2D eigenvalue weighted by molar-refractivity contribution is 5.91. The maximum Gasteiger partial charge on any atom is 0.289 e. The van der Waals surface area contributed by atoms with Crippen LogP contribution < -0.4 is 11.1 Å². The molecule has 0 spiro atoms. The van der Waals surface area contributed by atoms with E-state index in [2.05, 4.69) is 15.5 Å². The lowest BCUT2D eigenvalue weighted by Crippen LogP contribution is -2.46. The lowest BCUT2D eigenvalue weighted by molar-refractivity contribution is -0.0239. The Bertz CT molecular complexity index is 959. The molecule has 2 aromatic rings. The zero-order chi connectivity index (χ0) is 22.9. The van der Waals surface area contributed by atoms with Crippen molar-refractivity contribution in [2.75, 3.05) is 6.54 Å². The van der Waals surface area contributed by atoms with Crippen LogP contribution in [0.15, 0.2) is 12.1 Å². The normalized spacial score (nSPS) is 16.6. The number of fused-ring (bicyclic) bond motifs is 1. The number of carbonyl (C=O) groups excluding carboxylic acids is 1. The predicted octanol–water partition coefficient (Wildman–Crippen LogP) is 1.32. The lowest BCUT2D eigenvalue weighted by atomic mass is 10.0. The molecule has 1 amide bonds. The quantitative estimate of drug-likeness (QED) is 0.585. The Morgan fingerprint density at radius 3 is 2.55 bits per heavy atom. The molecule has 0 bridgehead atoms. The van der Waals surface area contributed by atoms with Crippen molar-refractivity contribution in [1.29, 1.82) is 0 Å². The van der Waals surface area contributed by atoms with Crippen LogP contribution in [-0.2, 0) is 19.5 Å². The summed E-state index contributed by atoms with van der Waals surface area (Å²) in [7, 11) is 0. The van der Waals surface area contributed by atoms with E-state index in [0.29, 0.717) is 25.0 Å². The molecule has 2 heterocycles. The number of halogens is 3. The highest BCUT2D eigenvalue weighted by atomic mass is 19.2. The van der Waals surface area contributed by atoms with Crippen LogP contribution in [0.3, 0.4) is 0 Å². The van der Waals surface area contributed by atoms with Crippen LogP contribution in [0.4, 0.5) is 13.2 Å². The molecule has 1 aromatic heterocycles. The number of aromatic nitrogens is 3. The van der Waals surface area contributed by atoms with Gasteiger partial charge in [-0.3, -0.25) is 9.69 Å². The van der Waals surface area contributed by atoms with Gasteiger partial charge in [0.05, 0.1) is 6.54 Å². The Labute approximate surface area is 178 Å². The number of benzene rings is 1. The molecule has 0 saturated carbocycles. The molecule has 1 unspecified atom stereocenters. The number of hydrogen-bond donors (Lipinski definition) is 3. The maximum absolute atomic E-state index is 13.8. The molecule has 2 atom stereocenters. The van der Waals surface area contributed by atoms with Gasteiger partial charge in [0, 0.05) is 37.2 Å². The Morgan fingerprint density at radius 1 is 1.19 bits per heavy atom. The van der Waals surface area contributed by atoms with Gasteiger partial charge < -0.3 is 20.7 Å². The first-order valence-electron chi connectivity index (χ1n) is 10.0. The van der Waals surface area contributed by atoms with Gasteiger partial charge in [-0.15, -0.1) is 10.2 Å². The van der Waals surface area contributed by atoms with Gasteiger partial charge in [-0.1, -0.05) is 0 Å². The second-order valence-electron chi connectivity index (χ2n) is 8.80. The molecule has 8 nitrogen and oxygen atoms in total. The van der Waals surface area contributed by atoms with Gasteiger partial charge in [0.25, 0.3) is 5.91 Å². The first kappa shape index (κ1) is 23.2. The molecule has 11 heteroatoms. The molecule has 4 N–H and O–H groups in total. The number of aliphatic hydroxyl groups is 1. The van der Waals surface area contributed by atoms with E-state index in [9.17, 15) is 23.1 Å². The predicted molar refractivity (Wildman–Crippen MR) is 106 cm³/mol. The molecule has 1 aliphatic heterocycles. The summed E-state index contributed by atoms with van der Waals surface area (Å²) in [6.07, 6.45) is -0.925. The summed E-state index contributed by atoms with van der Waals surface area (Å²) >= 11 is 0. The summed E-state index contributed by atoms with van der Waals surface area (Å²) in [4.78, 5) is 14.1. The molecule has 0 fully saturated rings. The number of aliphatic hydroxyl groups excluding tert-OH is 1. The Kier molecular flexibility index (Phi) is 6.68. The van der Waals surface area contributed by atoms with Gasteiger partial charge in [0.2, 0.25) is 5.82 Å². The van der Waals surface area contributed by atoms with Crippen molar-refractivity contribution < 1.29 is 23.1 Å². The van der Waals surface area contributed by atoms with E-state index in [1.54, 1.807) is 9.47 Å². The van der Waals surface area contributed by atoms with E-state index < -0.39 is 35.3 Å². The van der Waals surface area contributed by atoms with Crippen molar-refractivity contribution in [3.8, 4) is 0 Å². The van der Waals surface area contributed by atoms with E-state index in [4.69, 9.17) is 5.73 Å². The van der Waals surface area contributed by atoms with Crippen molar-refractivity contribution in [1.82, 2.24) is 25.0 Å². The third kappa shape index (κ3) is 5.60.